The number of nitrogens with two attached hydrogens (primary N) is 1. The van der Waals surface area contributed by atoms with E-state index >= 15 is 0 Å². The van der Waals surface area contributed by atoms with Crippen molar-refractivity contribution in [1.29, 1.82) is 0 Å². The Morgan fingerprint density at radius 3 is 2.84 bits per heavy atom. The Labute approximate surface area is 147 Å². The number of nitrogens with zero attached hydrogens (tertiary/aromatic N) is 1. The van der Waals surface area contributed by atoms with E-state index in [4.69, 9.17) is 10.5 Å². The lowest BCUT2D eigenvalue weighted by Gasteiger charge is -2.27. The molecule has 130 valence electrons. The SMILES string of the molecule is NC1C2CCC(C2)C1C(=O)Nc1cccc(OCc2ccccn2)c1. The van der Waals surface area contributed by atoms with E-state index in [9.17, 15) is 4.79 Å². The van der Waals surface area contributed by atoms with E-state index in [0.717, 1.165) is 24.2 Å². The topological polar surface area (TPSA) is 77.2 Å². The lowest BCUT2D eigenvalue weighted by atomic mass is 9.84. The first-order chi connectivity index (χ1) is 12.2. The summed E-state index contributed by atoms with van der Waals surface area (Å²) >= 11 is 0. The molecule has 0 aliphatic heterocycles. The van der Waals surface area contributed by atoms with E-state index in [1.165, 1.54) is 6.42 Å². The van der Waals surface area contributed by atoms with Crippen LogP contribution in [0.5, 0.6) is 5.75 Å². The number of anilines is 1. The van der Waals surface area contributed by atoms with Gasteiger partial charge in [-0.25, -0.2) is 0 Å². The highest BCUT2D eigenvalue weighted by atomic mass is 16.5. The minimum absolute atomic E-state index is 0.00216. The van der Waals surface area contributed by atoms with Crippen LogP contribution in [-0.2, 0) is 11.4 Å². The van der Waals surface area contributed by atoms with Gasteiger partial charge in [0.1, 0.15) is 12.4 Å². The number of carbonyl (C=O) groups is 1. The zero-order valence-corrected chi connectivity index (χ0v) is 14.1. The molecule has 25 heavy (non-hydrogen) atoms. The molecular formula is C20H23N3O2. The highest BCUT2D eigenvalue weighted by molar-refractivity contribution is 5.93. The average molecular weight is 337 g/mol. The van der Waals surface area contributed by atoms with Crippen molar-refractivity contribution in [2.24, 2.45) is 23.5 Å². The van der Waals surface area contributed by atoms with Crippen LogP contribution in [0.15, 0.2) is 48.7 Å². The Balaban J connectivity index is 1.39. The first kappa shape index (κ1) is 16.1. The zero-order chi connectivity index (χ0) is 17.2. The molecule has 1 amide bonds. The van der Waals surface area contributed by atoms with E-state index in [0.29, 0.717) is 24.2 Å². The molecule has 2 bridgehead atoms. The second-order valence-corrected chi connectivity index (χ2v) is 7.06. The molecule has 2 aromatic rings. The van der Waals surface area contributed by atoms with Gasteiger partial charge >= 0.3 is 0 Å². The Morgan fingerprint density at radius 2 is 2.08 bits per heavy atom. The van der Waals surface area contributed by atoms with Crippen LogP contribution in [0.25, 0.3) is 0 Å². The number of rotatable bonds is 5. The van der Waals surface area contributed by atoms with Gasteiger partial charge in [0.05, 0.1) is 11.6 Å². The molecule has 1 heterocycles. The summed E-state index contributed by atoms with van der Waals surface area (Å²) in [7, 11) is 0. The minimum atomic E-state index is -0.0585. The Bertz CT molecular complexity index is 748. The molecule has 5 heteroatoms. The average Bonchev–Trinajstić information content (AvgIpc) is 3.22. The molecule has 2 aliphatic rings. The lowest BCUT2D eigenvalue weighted by molar-refractivity contribution is -0.121. The predicted molar refractivity (Wildman–Crippen MR) is 95.9 cm³/mol. The van der Waals surface area contributed by atoms with Crippen molar-refractivity contribution in [2.45, 2.75) is 31.9 Å². The first-order valence-electron chi connectivity index (χ1n) is 8.90. The first-order valence-corrected chi connectivity index (χ1v) is 8.90. The van der Waals surface area contributed by atoms with Gasteiger partial charge in [0.15, 0.2) is 0 Å². The fourth-order valence-corrected chi connectivity index (χ4v) is 4.25. The van der Waals surface area contributed by atoms with Crippen LogP contribution in [0.2, 0.25) is 0 Å². The maximum atomic E-state index is 12.7. The Kier molecular flexibility index (Phi) is 4.40. The molecule has 2 saturated carbocycles. The second kappa shape index (κ2) is 6.84. The van der Waals surface area contributed by atoms with E-state index < -0.39 is 0 Å². The molecular weight excluding hydrogens is 314 g/mol. The number of amides is 1. The van der Waals surface area contributed by atoms with Crippen LogP contribution in [-0.4, -0.2) is 16.9 Å². The normalized spacial score (nSPS) is 27.2. The summed E-state index contributed by atoms with van der Waals surface area (Å²) in [5.74, 6) is 1.66. The van der Waals surface area contributed by atoms with E-state index in [1.54, 1.807) is 6.20 Å². The summed E-state index contributed by atoms with van der Waals surface area (Å²) < 4.78 is 5.77. The number of aromatic nitrogens is 1. The van der Waals surface area contributed by atoms with Gasteiger partial charge < -0.3 is 15.8 Å². The summed E-state index contributed by atoms with van der Waals surface area (Å²) in [4.78, 5) is 16.9. The van der Waals surface area contributed by atoms with Crippen molar-refractivity contribution in [3.05, 3.63) is 54.4 Å². The van der Waals surface area contributed by atoms with Crippen molar-refractivity contribution >= 4 is 11.6 Å². The smallest absolute Gasteiger partial charge is 0.229 e. The lowest BCUT2D eigenvalue weighted by Crippen LogP contribution is -2.42. The van der Waals surface area contributed by atoms with E-state index in [2.05, 4.69) is 10.3 Å². The Morgan fingerprint density at radius 1 is 1.20 bits per heavy atom. The van der Waals surface area contributed by atoms with Crippen molar-refractivity contribution in [3.63, 3.8) is 0 Å². The van der Waals surface area contributed by atoms with E-state index in [-0.39, 0.29) is 17.9 Å². The van der Waals surface area contributed by atoms with Gasteiger partial charge in [-0.2, -0.15) is 0 Å². The molecule has 1 aromatic heterocycles. The number of ether oxygens (including phenoxy) is 1. The largest absolute Gasteiger partial charge is 0.487 e. The molecule has 2 fully saturated rings. The van der Waals surface area contributed by atoms with Gasteiger partial charge in [0.25, 0.3) is 0 Å². The number of nitrogens with one attached hydrogen (secondary N) is 1. The van der Waals surface area contributed by atoms with Gasteiger partial charge in [-0.05, 0) is 55.4 Å². The molecule has 4 unspecified atom stereocenters. The Hall–Kier alpha value is -2.40. The minimum Gasteiger partial charge on any atom is -0.487 e. The molecule has 2 aliphatic carbocycles. The molecule has 0 spiro atoms. The summed E-state index contributed by atoms with van der Waals surface area (Å²) in [5.41, 5.74) is 7.88. The van der Waals surface area contributed by atoms with E-state index in [1.807, 2.05) is 42.5 Å². The van der Waals surface area contributed by atoms with Crippen molar-refractivity contribution in [2.75, 3.05) is 5.32 Å². The number of hydrogen-bond acceptors (Lipinski definition) is 4. The van der Waals surface area contributed by atoms with Crippen molar-refractivity contribution in [1.82, 2.24) is 4.98 Å². The summed E-state index contributed by atoms with van der Waals surface area (Å²) in [5, 5.41) is 3.02. The highest BCUT2D eigenvalue weighted by Crippen LogP contribution is 2.47. The molecule has 4 rings (SSSR count). The number of benzene rings is 1. The van der Waals surface area contributed by atoms with Gasteiger partial charge in [0.2, 0.25) is 5.91 Å². The molecule has 1 aromatic carbocycles. The van der Waals surface area contributed by atoms with Gasteiger partial charge in [-0.3, -0.25) is 9.78 Å². The maximum Gasteiger partial charge on any atom is 0.229 e. The fourth-order valence-electron chi connectivity index (χ4n) is 4.25. The standard InChI is InChI=1S/C20H23N3O2/c21-19-14-8-7-13(10-14)18(19)20(24)23-15-5-3-6-17(11-15)25-12-16-4-1-2-9-22-16/h1-6,9,11,13-14,18-19H,7-8,10,12,21H2,(H,23,24). The zero-order valence-electron chi connectivity index (χ0n) is 14.1. The third kappa shape index (κ3) is 3.37. The summed E-state index contributed by atoms with van der Waals surface area (Å²) in [6.07, 6.45) is 5.15. The predicted octanol–water partition coefficient (Wildman–Crippen LogP) is 2.97. The molecule has 3 N–H and O–H groups in total. The molecule has 5 nitrogen and oxygen atoms in total. The quantitative estimate of drug-likeness (QED) is 0.879. The van der Waals surface area contributed by atoms with Crippen LogP contribution in [0.3, 0.4) is 0 Å². The van der Waals surface area contributed by atoms with Crippen LogP contribution in [0.4, 0.5) is 5.69 Å². The third-order valence-electron chi connectivity index (χ3n) is 5.50. The van der Waals surface area contributed by atoms with Crippen molar-refractivity contribution in [3.8, 4) is 5.75 Å². The van der Waals surface area contributed by atoms with Crippen LogP contribution in [0, 0.1) is 17.8 Å². The second-order valence-electron chi connectivity index (χ2n) is 7.06. The maximum absolute atomic E-state index is 12.7. The van der Waals surface area contributed by atoms with Crippen LogP contribution in [0.1, 0.15) is 25.0 Å². The van der Waals surface area contributed by atoms with Gasteiger partial charge in [-0.1, -0.05) is 12.1 Å². The summed E-state index contributed by atoms with van der Waals surface area (Å²) in [6, 6.07) is 13.2. The molecule has 4 atom stereocenters. The molecule has 0 radical (unpaired) electrons. The number of fused-ring (bicyclic) bond motifs is 2. The summed E-state index contributed by atoms with van der Waals surface area (Å²) in [6.45, 7) is 0.398. The number of carbonyl (C=O) groups excluding carboxylic acids is 1. The number of pyridine rings is 1. The molecule has 0 saturated heterocycles. The fraction of sp³-hybridized carbons (Fsp3) is 0.400. The van der Waals surface area contributed by atoms with Crippen LogP contribution < -0.4 is 15.8 Å². The van der Waals surface area contributed by atoms with Gasteiger partial charge in [0, 0.05) is 24.0 Å². The highest BCUT2D eigenvalue weighted by Gasteiger charge is 2.49. The van der Waals surface area contributed by atoms with Crippen LogP contribution >= 0.6 is 0 Å². The third-order valence-corrected chi connectivity index (χ3v) is 5.50. The van der Waals surface area contributed by atoms with Crippen molar-refractivity contribution < 1.29 is 9.53 Å². The monoisotopic (exact) mass is 337 g/mol. The van der Waals surface area contributed by atoms with Gasteiger partial charge in [-0.15, -0.1) is 0 Å². The number of hydrogen-bond donors (Lipinski definition) is 2.